The lowest BCUT2D eigenvalue weighted by Crippen LogP contribution is -2.40. The molecule has 0 radical (unpaired) electrons. The van der Waals surface area contributed by atoms with Crippen LogP contribution in [0.1, 0.15) is 29.9 Å². The number of amides is 1. The summed E-state index contributed by atoms with van der Waals surface area (Å²) in [6.07, 6.45) is 2.52. The average Bonchev–Trinajstić information content (AvgIpc) is 3.10. The summed E-state index contributed by atoms with van der Waals surface area (Å²) >= 11 is 3.22. The highest BCUT2D eigenvalue weighted by molar-refractivity contribution is 8.00. The van der Waals surface area contributed by atoms with Gasteiger partial charge in [0.15, 0.2) is 0 Å². The van der Waals surface area contributed by atoms with Crippen molar-refractivity contribution in [3.05, 3.63) is 46.6 Å². The second kappa shape index (κ2) is 6.67. The zero-order valence-corrected chi connectivity index (χ0v) is 16.9. The lowest BCUT2D eigenvalue weighted by molar-refractivity contribution is -0.118. The van der Waals surface area contributed by atoms with Gasteiger partial charge in [-0.1, -0.05) is 30.0 Å². The van der Waals surface area contributed by atoms with Gasteiger partial charge in [0.05, 0.1) is 5.25 Å². The molecule has 4 nitrogen and oxygen atoms in total. The molecule has 4 rings (SSSR count). The van der Waals surface area contributed by atoms with E-state index in [1.54, 1.807) is 17.7 Å². The predicted octanol–water partition coefficient (Wildman–Crippen LogP) is 4.77. The van der Waals surface area contributed by atoms with Crippen LogP contribution in [0.15, 0.2) is 35.6 Å². The van der Waals surface area contributed by atoms with Crippen molar-refractivity contribution in [3.63, 3.8) is 0 Å². The van der Waals surface area contributed by atoms with Gasteiger partial charge in [-0.2, -0.15) is 0 Å². The quantitative estimate of drug-likeness (QED) is 0.483. The van der Waals surface area contributed by atoms with Crippen LogP contribution < -0.4 is 4.90 Å². The number of fused-ring (bicyclic) bond motifs is 2. The van der Waals surface area contributed by atoms with Gasteiger partial charge in [0.2, 0.25) is 5.91 Å². The minimum absolute atomic E-state index is 0.142. The van der Waals surface area contributed by atoms with Crippen molar-refractivity contribution in [3.8, 4) is 0 Å². The maximum atomic E-state index is 13.2. The molecule has 2 atom stereocenters. The molecule has 1 amide bonds. The molecule has 1 aliphatic rings. The lowest BCUT2D eigenvalue weighted by Gasteiger charge is -2.25. The van der Waals surface area contributed by atoms with Gasteiger partial charge in [0.1, 0.15) is 16.2 Å². The molecule has 0 N–H and O–H groups in total. The van der Waals surface area contributed by atoms with Gasteiger partial charge in [-0.05, 0) is 51.3 Å². The van der Waals surface area contributed by atoms with Crippen LogP contribution in [0.25, 0.3) is 10.2 Å². The Morgan fingerprint density at radius 2 is 2.08 bits per heavy atom. The number of carbonyl (C=O) groups is 1. The molecule has 3 aromatic rings. The van der Waals surface area contributed by atoms with E-state index in [-0.39, 0.29) is 17.2 Å². The van der Waals surface area contributed by atoms with E-state index in [2.05, 4.69) is 36.8 Å². The summed E-state index contributed by atoms with van der Waals surface area (Å²) in [5, 5.41) is 1.79. The first-order valence-corrected chi connectivity index (χ1v) is 10.4. The van der Waals surface area contributed by atoms with E-state index in [0.29, 0.717) is 0 Å². The third-order valence-electron chi connectivity index (χ3n) is 5.01. The first kappa shape index (κ1) is 17.5. The van der Waals surface area contributed by atoms with Crippen LogP contribution in [0, 0.1) is 13.8 Å². The van der Waals surface area contributed by atoms with Crippen molar-refractivity contribution in [2.45, 2.75) is 50.4 Å². The molecule has 2 aromatic heterocycles. The molecule has 0 bridgehead atoms. The summed E-state index contributed by atoms with van der Waals surface area (Å²) in [7, 11) is 0. The van der Waals surface area contributed by atoms with Gasteiger partial charge >= 0.3 is 0 Å². The van der Waals surface area contributed by atoms with Crippen molar-refractivity contribution < 1.29 is 4.79 Å². The number of thioether (sulfide) groups is 1. The van der Waals surface area contributed by atoms with Gasteiger partial charge in [-0.3, -0.25) is 4.79 Å². The number of rotatable bonds is 3. The Bertz CT molecular complexity index is 998. The Hall–Kier alpha value is -1.92. The first-order chi connectivity index (χ1) is 12.5. The topological polar surface area (TPSA) is 46.1 Å². The fraction of sp³-hybridized carbons (Fsp3) is 0.350. The fourth-order valence-corrected chi connectivity index (χ4v) is 5.64. The SMILES string of the molecule is Cc1sc2ncnc(S[C@@H](C)C(=O)N3c4ccccc4C[C@H]3C)c2c1C. The normalized spacial score (nSPS) is 17.5. The molecular formula is C20H21N3OS2. The molecule has 0 saturated carbocycles. The summed E-state index contributed by atoms with van der Waals surface area (Å²) < 4.78 is 0. The Morgan fingerprint density at radius 3 is 2.88 bits per heavy atom. The standard InChI is InChI=1S/C20H21N3OS2/c1-11-9-15-7-5-6-8-16(15)23(11)20(24)14(4)26-19-17-12(2)13(3)25-18(17)21-10-22-19/h5-8,10-11,14H,9H2,1-4H3/t11-,14+/m1/s1. The molecule has 0 aliphatic carbocycles. The number of thiophene rings is 1. The van der Waals surface area contributed by atoms with Gasteiger partial charge in [0.25, 0.3) is 0 Å². The van der Waals surface area contributed by atoms with E-state index < -0.39 is 0 Å². The van der Waals surface area contributed by atoms with Gasteiger partial charge < -0.3 is 4.90 Å². The van der Waals surface area contributed by atoms with E-state index in [1.165, 1.54) is 27.8 Å². The van der Waals surface area contributed by atoms with E-state index >= 15 is 0 Å². The molecule has 0 saturated heterocycles. The summed E-state index contributed by atoms with van der Waals surface area (Å²) in [6, 6.07) is 8.39. The highest BCUT2D eigenvalue weighted by Crippen LogP contribution is 2.38. The first-order valence-electron chi connectivity index (χ1n) is 8.75. The number of aromatic nitrogens is 2. The maximum Gasteiger partial charge on any atom is 0.240 e. The summed E-state index contributed by atoms with van der Waals surface area (Å²) in [4.78, 5) is 26.3. The van der Waals surface area contributed by atoms with Gasteiger partial charge in [-0.25, -0.2) is 9.97 Å². The third-order valence-corrected chi connectivity index (χ3v) is 7.21. The van der Waals surface area contributed by atoms with Crippen molar-refractivity contribution >= 4 is 44.9 Å². The molecule has 0 fully saturated rings. The lowest BCUT2D eigenvalue weighted by atomic mass is 10.1. The highest BCUT2D eigenvalue weighted by Gasteiger charge is 2.33. The van der Waals surface area contributed by atoms with Crippen molar-refractivity contribution in [2.75, 3.05) is 4.90 Å². The number of nitrogens with zero attached hydrogens (tertiary/aromatic N) is 3. The zero-order chi connectivity index (χ0) is 18.4. The number of para-hydroxylation sites is 1. The average molecular weight is 384 g/mol. The molecule has 0 unspecified atom stereocenters. The van der Waals surface area contributed by atoms with Crippen LogP contribution in [0.2, 0.25) is 0 Å². The van der Waals surface area contributed by atoms with Gasteiger partial charge in [-0.15, -0.1) is 11.3 Å². The van der Waals surface area contributed by atoms with Crippen LogP contribution >= 0.6 is 23.1 Å². The van der Waals surface area contributed by atoms with E-state index in [1.807, 2.05) is 30.0 Å². The number of carbonyl (C=O) groups excluding carboxylic acids is 1. The summed E-state index contributed by atoms with van der Waals surface area (Å²) in [5.41, 5.74) is 3.51. The zero-order valence-electron chi connectivity index (χ0n) is 15.3. The van der Waals surface area contributed by atoms with Crippen molar-refractivity contribution in [2.24, 2.45) is 0 Å². The number of benzene rings is 1. The Balaban J connectivity index is 1.63. The van der Waals surface area contributed by atoms with Crippen molar-refractivity contribution in [1.82, 2.24) is 9.97 Å². The van der Waals surface area contributed by atoms with Crippen LogP contribution in [0.5, 0.6) is 0 Å². The van der Waals surface area contributed by atoms with Crippen molar-refractivity contribution in [1.29, 1.82) is 0 Å². The summed E-state index contributed by atoms with van der Waals surface area (Å²) in [6.45, 7) is 8.30. The minimum atomic E-state index is -0.207. The largest absolute Gasteiger partial charge is 0.308 e. The Kier molecular flexibility index (Phi) is 4.49. The van der Waals surface area contributed by atoms with E-state index in [0.717, 1.165) is 27.4 Å². The molecule has 134 valence electrons. The molecule has 1 aliphatic heterocycles. The van der Waals surface area contributed by atoms with Crippen LogP contribution in [-0.2, 0) is 11.2 Å². The molecule has 6 heteroatoms. The van der Waals surface area contributed by atoms with Gasteiger partial charge in [0, 0.05) is 22.0 Å². The number of anilines is 1. The number of aryl methyl sites for hydroxylation is 2. The third kappa shape index (κ3) is 2.81. The second-order valence-electron chi connectivity index (χ2n) is 6.79. The highest BCUT2D eigenvalue weighted by atomic mass is 32.2. The maximum absolute atomic E-state index is 13.2. The number of hydrogen-bond acceptors (Lipinski definition) is 5. The fourth-order valence-electron chi connectivity index (χ4n) is 3.55. The monoisotopic (exact) mass is 383 g/mol. The number of hydrogen-bond donors (Lipinski definition) is 0. The molecule has 0 spiro atoms. The smallest absolute Gasteiger partial charge is 0.240 e. The second-order valence-corrected chi connectivity index (χ2v) is 9.33. The molecule has 3 heterocycles. The van der Waals surface area contributed by atoms with E-state index in [4.69, 9.17) is 0 Å². The Morgan fingerprint density at radius 1 is 1.31 bits per heavy atom. The Labute approximate surface area is 161 Å². The molecule has 1 aromatic carbocycles. The van der Waals surface area contributed by atoms with Crippen LogP contribution in [-0.4, -0.2) is 27.2 Å². The predicted molar refractivity (Wildman–Crippen MR) is 109 cm³/mol. The molecular weight excluding hydrogens is 362 g/mol. The van der Waals surface area contributed by atoms with E-state index in [9.17, 15) is 4.79 Å². The van der Waals surface area contributed by atoms with Crippen LogP contribution in [0.4, 0.5) is 5.69 Å². The minimum Gasteiger partial charge on any atom is -0.308 e. The van der Waals surface area contributed by atoms with Crippen LogP contribution in [0.3, 0.4) is 0 Å². The molecule has 26 heavy (non-hydrogen) atoms. The summed E-state index contributed by atoms with van der Waals surface area (Å²) in [5.74, 6) is 0.142.